The molecule has 33 heteroatoms. The predicted molar refractivity (Wildman–Crippen MR) is 364 cm³/mol. The van der Waals surface area contributed by atoms with E-state index in [0.29, 0.717) is 36.1 Å². The Bertz CT molecular complexity index is 3620. The summed E-state index contributed by atoms with van der Waals surface area (Å²) in [5.41, 5.74) is -2.73. The molecule has 0 unspecified atom stereocenters. The number of hydrogen-bond acceptors (Lipinski definition) is 21. The van der Waals surface area contributed by atoms with Crippen molar-refractivity contribution < 1.29 is 124 Å². The van der Waals surface area contributed by atoms with Gasteiger partial charge in [0.2, 0.25) is 11.5 Å². The highest BCUT2D eigenvalue weighted by Crippen LogP contribution is 2.35. The first kappa shape index (κ1) is 90.7. The first-order valence-electron chi connectivity index (χ1n) is 31.0. The fourth-order valence-corrected chi connectivity index (χ4v) is 8.04. The predicted octanol–water partition coefficient (Wildman–Crippen LogP) is 15.1. The Morgan fingerprint density at radius 3 is 1.05 bits per heavy atom. The van der Waals surface area contributed by atoms with Crippen LogP contribution in [-0.4, -0.2) is 134 Å². The maximum Gasteiger partial charge on any atom is 0.340 e. The van der Waals surface area contributed by atoms with Crippen LogP contribution in [0, 0.1) is 54.3 Å². The van der Waals surface area contributed by atoms with Crippen LogP contribution in [0.15, 0.2) is 115 Å². The first-order valence-corrected chi connectivity index (χ1v) is 31.0. The molecule has 0 aliphatic heterocycles. The van der Waals surface area contributed by atoms with Gasteiger partial charge in [0.1, 0.15) is 28.2 Å². The second kappa shape index (κ2) is 51.0. The number of nitro groups is 4. The molecule has 550 valence electrons. The molecule has 0 aromatic heterocycles. The SMILES string of the molecule is CCCCCCCCCCC(=O)O.CCCCCCCCCCCCC(=O)O.Cc1cc(C(=O)O)c(O)c([N+](=O)[O-])c1.Cc1ccc(C(=O)O)cc1.O=C(O)c1cc([N+](=O)[O-])cc([N+](=O)[O-])c1O.O=C(O)c1ccc(O)c([N+](=O)[O-])c1.O=C(O)c1cccc(O)c1.O=C(O)c1ccccc1O. The Hall–Kier alpha value is -12.3. The average Bonchev–Trinajstić information content (AvgIpc) is 0.824. The molecule has 0 aliphatic rings. The van der Waals surface area contributed by atoms with E-state index in [9.17, 15) is 89.0 Å². The molecule has 13 N–H and O–H groups in total. The zero-order valence-corrected chi connectivity index (χ0v) is 55.7. The third-order valence-corrected chi connectivity index (χ3v) is 13.3. The Kier molecular flexibility index (Phi) is 45.8. The van der Waals surface area contributed by atoms with Crippen LogP contribution in [0.4, 0.5) is 22.7 Å². The zero-order chi connectivity index (χ0) is 77.3. The lowest BCUT2D eigenvalue weighted by molar-refractivity contribution is -0.394. The smallest absolute Gasteiger partial charge is 0.340 e. The van der Waals surface area contributed by atoms with Gasteiger partial charge in [-0.2, -0.15) is 0 Å². The largest absolute Gasteiger partial charge is 0.508 e. The summed E-state index contributed by atoms with van der Waals surface area (Å²) >= 11 is 0. The van der Waals surface area contributed by atoms with E-state index in [1.54, 1.807) is 36.4 Å². The van der Waals surface area contributed by atoms with E-state index in [1.807, 2.05) is 6.92 Å². The van der Waals surface area contributed by atoms with Gasteiger partial charge in [-0.3, -0.25) is 50.0 Å². The van der Waals surface area contributed by atoms with E-state index in [2.05, 4.69) is 13.8 Å². The third-order valence-electron chi connectivity index (χ3n) is 13.3. The van der Waals surface area contributed by atoms with Crippen molar-refractivity contribution >= 4 is 70.5 Å². The van der Waals surface area contributed by atoms with Crippen molar-refractivity contribution in [2.24, 2.45) is 0 Å². The number of aliphatic carboxylic acids is 2. The lowest BCUT2D eigenvalue weighted by Gasteiger charge is -2.01. The van der Waals surface area contributed by atoms with Gasteiger partial charge in [0.05, 0.1) is 42.4 Å². The molecule has 0 atom stereocenters. The Labute approximate surface area is 578 Å². The number of phenolic OH excluding ortho intramolecular Hbond substituents is 2. The zero-order valence-electron chi connectivity index (χ0n) is 55.7. The highest BCUT2D eigenvalue weighted by Gasteiger charge is 2.27. The molecule has 6 rings (SSSR count). The lowest BCUT2D eigenvalue weighted by atomic mass is 10.1. The van der Waals surface area contributed by atoms with Crippen molar-refractivity contribution in [2.45, 2.75) is 156 Å². The number of aromatic hydroxyl groups is 5. The number of para-hydroxylation sites is 1. The van der Waals surface area contributed by atoms with Crippen molar-refractivity contribution in [3.63, 3.8) is 0 Å². The monoisotopic (exact) mass is 1420 g/mol. The molecular weight excluding hydrogens is 1340 g/mol. The second-order valence-corrected chi connectivity index (χ2v) is 21.5. The summed E-state index contributed by atoms with van der Waals surface area (Å²) in [4.78, 5) is 120. The molecule has 6 aromatic carbocycles. The van der Waals surface area contributed by atoms with Gasteiger partial charge in [-0.25, -0.2) is 28.8 Å². The van der Waals surface area contributed by atoms with Gasteiger partial charge in [0, 0.05) is 31.0 Å². The Balaban J connectivity index is 0. The lowest BCUT2D eigenvalue weighted by Crippen LogP contribution is -2.02. The van der Waals surface area contributed by atoms with Crippen LogP contribution in [0.2, 0.25) is 0 Å². The summed E-state index contributed by atoms with van der Waals surface area (Å²) in [7, 11) is 0. The van der Waals surface area contributed by atoms with E-state index < -0.39 is 119 Å². The number of hydrogen-bond donors (Lipinski definition) is 13. The summed E-state index contributed by atoms with van der Waals surface area (Å²) < 4.78 is 0. The summed E-state index contributed by atoms with van der Waals surface area (Å²) in [5, 5.41) is 154. The topological polar surface area (TPSA) is 572 Å². The molecule has 33 nitrogen and oxygen atoms in total. The standard InChI is InChI=1S/C13H26O2.C11H22O2.C8H7NO5.C8H8O2.C7H4N2O7.C7H5NO5.2C7H6O3/c1-2-3-4-5-6-7-8-9-10-11-12-13(14)15;1-2-3-4-5-6-7-8-9-10-11(12)13;1-4-2-5(8(11)12)7(10)6(3-4)9(13)14;1-6-2-4-7(5-3-6)8(9)10;10-6-4(7(11)12)1-3(8(13)14)2-5(6)9(15)16;9-6-2-1-4(7(10)11)3-5(6)8(12)13;8-6-3-1-2-5(4-6)7(9)10;8-6-4-2-1-3-5(6)7(9)10/h2-12H2,1H3,(H,14,15);2-10H2,1H3,(H,12,13);2-3,10H,1H3,(H,11,12);2-5H,1H3,(H,9,10);1-2,10H,(H,11,12);1-3,9H,(H,10,11);2*1-4,8H,(H,9,10). The number of nitrogens with zero attached hydrogens (tertiary/aromatic N) is 4. The molecular formula is C68H84N4O29. The van der Waals surface area contributed by atoms with E-state index in [4.69, 9.17) is 56.2 Å². The number of carboxylic acids is 8. The quantitative estimate of drug-likeness (QED) is 0.0113. The van der Waals surface area contributed by atoms with Gasteiger partial charge in [-0.1, -0.05) is 152 Å². The first-order chi connectivity index (χ1) is 47.4. The van der Waals surface area contributed by atoms with Crippen LogP contribution in [-0.2, 0) is 9.59 Å². The molecule has 0 spiro atoms. The number of carboxylic acid groups (broad SMARTS) is 8. The number of rotatable bonds is 30. The molecule has 0 fully saturated rings. The highest BCUT2D eigenvalue weighted by atomic mass is 16.6. The summed E-state index contributed by atoms with van der Waals surface area (Å²) in [6.45, 7) is 7.89. The summed E-state index contributed by atoms with van der Waals surface area (Å²) in [5.74, 6) is -11.4. The summed E-state index contributed by atoms with van der Waals surface area (Å²) in [6.07, 6.45) is 23.0. The van der Waals surface area contributed by atoms with Crippen molar-refractivity contribution in [3.05, 3.63) is 200 Å². The maximum atomic E-state index is 10.6. The number of aryl methyl sites for hydroxylation is 2. The molecule has 0 amide bonds. The Morgan fingerprint density at radius 1 is 0.327 bits per heavy atom. The van der Waals surface area contributed by atoms with Crippen LogP contribution >= 0.6 is 0 Å². The van der Waals surface area contributed by atoms with Crippen LogP contribution < -0.4 is 0 Å². The third kappa shape index (κ3) is 40.7. The number of unbranched alkanes of at least 4 members (excludes halogenated alkanes) is 16. The number of aromatic carboxylic acids is 6. The van der Waals surface area contributed by atoms with Gasteiger partial charge in [0.25, 0.3) is 5.69 Å². The van der Waals surface area contributed by atoms with Crippen LogP contribution in [0.25, 0.3) is 0 Å². The second-order valence-electron chi connectivity index (χ2n) is 21.5. The minimum Gasteiger partial charge on any atom is -0.508 e. The van der Waals surface area contributed by atoms with Crippen molar-refractivity contribution in [1.29, 1.82) is 0 Å². The van der Waals surface area contributed by atoms with E-state index in [0.717, 1.165) is 55.5 Å². The Morgan fingerprint density at radius 2 is 0.703 bits per heavy atom. The molecule has 0 radical (unpaired) electrons. The van der Waals surface area contributed by atoms with E-state index in [1.165, 1.54) is 139 Å². The maximum absolute atomic E-state index is 10.6. The van der Waals surface area contributed by atoms with Crippen molar-refractivity contribution in [1.82, 2.24) is 0 Å². The van der Waals surface area contributed by atoms with Gasteiger partial charge >= 0.3 is 64.8 Å². The molecule has 0 aliphatic carbocycles. The normalized spacial score (nSPS) is 9.74. The molecule has 0 saturated carbocycles. The van der Waals surface area contributed by atoms with Gasteiger partial charge in [-0.05, 0) is 92.9 Å². The molecule has 0 bridgehead atoms. The van der Waals surface area contributed by atoms with E-state index in [-0.39, 0.29) is 28.2 Å². The van der Waals surface area contributed by atoms with Crippen molar-refractivity contribution in [3.8, 4) is 28.7 Å². The number of non-ortho nitro benzene ring substituents is 1. The van der Waals surface area contributed by atoms with Crippen LogP contribution in [0.1, 0.15) is 216 Å². The number of carbonyl (C=O) groups is 8. The fourth-order valence-electron chi connectivity index (χ4n) is 8.04. The minimum atomic E-state index is -1.69. The highest BCUT2D eigenvalue weighted by molar-refractivity contribution is 5.94. The number of benzene rings is 6. The van der Waals surface area contributed by atoms with E-state index >= 15 is 0 Å². The van der Waals surface area contributed by atoms with Gasteiger partial charge in [0.15, 0.2) is 5.75 Å². The fraction of sp³-hybridized carbons (Fsp3) is 0.353. The van der Waals surface area contributed by atoms with Gasteiger partial charge in [-0.15, -0.1) is 0 Å². The van der Waals surface area contributed by atoms with Crippen LogP contribution in [0.5, 0.6) is 28.7 Å². The number of phenols is 5. The average molecular weight is 1420 g/mol. The van der Waals surface area contributed by atoms with Crippen LogP contribution in [0.3, 0.4) is 0 Å². The number of nitro benzene ring substituents is 4. The summed E-state index contributed by atoms with van der Waals surface area (Å²) in [6, 6.07) is 24.3. The molecule has 6 aromatic rings. The van der Waals surface area contributed by atoms with Gasteiger partial charge < -0.3 is 66.4 Å². The molecule has 0 heterocycles. The minimum absolute atomic E-state index is 0.0279. The van der Waals surface area contributed by atoms with Crippen molar-refractivity contribution in [2.75, 3.05) is 0 Å². The molecule has 0 saturated heterocycles. The molecule has 101 heavy (non-hydrogen) atoms.